The Labute approximate surface area is 118 Å². The van der Waals surface area contributed by atoms with E-state index in [1.165, 1.54) is 6.07 Å². The number of amides is 2. The fraction of sp³-hybridized carbons (Fsp3) is 0.500. The maximum Gasteiger partial charge on any atom is 0.251 e. The van der Waals surface area contributed by atoms with Gasteiger partial charge in [0.2, 0.25) is 5.91 Å². The molecule has 1 aliphatic carbocycles. The van der Waals surface area contributed by atoms with Gasteiger partial charge >= 0.3 is 0 Å². The molecule has 1 aromatic rings. The summed E-state index contributed by atoms with van der Waals surface area (Å²) in [5, 5.41) is 5.41. The summed E-state index contributed by atoms with van der Waals surface area (Å²) >= 11 is 0. The average molecular weight is 276 g/mol. The Kier molecular flexibility index (Phi) is 4.55. The second kappa shape index (κ2) is 6.36. The van der Waals surface area contributed by atoms with Gasteiger partial charge in [0.25, 0.3) is 5.91 Å². The Bertz CT molecular complexity index is 512. The second-order valence-corrected chi connectivity index (χ2v) is 5.05. The van der Waals surface area contributed by atoms with E-state index >= 15 is 0 Å². The minimum Gasteiger partial charge on any atom is -0.384 e. The number of pyridine rings is 1. The van der Waals surface area contributed by atoms with Gasteiger partial charge in [0.05, 0.1) is 6.54 Å². The first kappa shape index (κ1) is 14.3. The third-order valence-electron chi connectivity index (χ3n) is 3.02. The zero-order chi connectivity index (χ0) is 14.5. The minimum atomic E-state index is -0.303. The summed E-state index contributed by atoms with van der Waals surface area (Å²) in [5.74, 6) is -0.136. The standard InChI is InChI=1S/C14H20N4O2/c1-2-3-11-6-9(7-12(15)17-11)14(20)16-8-13(19)18-10-4-5-10/h6-7,10H,2-5,8H2,1H3,(H2,15,17)(H,16,20)(H,18,19). The molecule has 6 heteroatoms. The van der Waals surface area contributed by atoms with Crippen LogP contribution < -0.4 is 16.4 Å². The maximum atomic E-state index is 12.0. The zero-order valence-corrected chi connectivity index (χ0v) is 11.6. The van der Waals surface area contributed by atoms with E-state index in [1.54, 1.807) is 6.07 Å². The number of nitrogens with one attached hydrogen (secondary N) is 2. The Morgan fingerprint density at radius 3 is 2.80 bits per heavy atom. The molecule has 1 saturated carbocycles. The molecule has 0 atom stereocenters. The highest BCUT2D eigenvalue weighted by Crippen LogP contribution is 2.18. The molecule has 4 N–H and O–H groups in total. The van der Waals surface area contributed by atoms with Crippen molar-refractivity contribution in [3.63, 3.8) is 0 Å². The van der Waals surface area contributed by atoms with Crippen LogP contribution in [0.25, 0.3) is 0 Å². The fourth-order valence-corrected chi connectivity index (χ4v) is 1.90. The van der Waals surface area contributed by atoms with Crippen LogP contribution in [-0.4, -0.2) is 29.4 Å². The van der Waals surface area contributed by atoms with Gasteiger partial charge in [-0.3, -0.25) is 9.59 Å². The number of hydrogen-bond donors (Lipinski definition) is 3. The van der Waals surface area contributed by atoms with Crippen LogP contribution in [-0.2, 0) is 11.2 Å². The molecule has 0 aliphatic heterocycles. The number of rotatable bonds is 6. The SMILES string of the molecule is CCCc1cc(C(=O)NCC(=O)NC2CC2)cc(N)n1. The van der Waals surface area contributed by atoms with Gasteiger partial charge in [-0.2, -0.15) is 0 Å². The molecule has 0 saturated heterocycles. The first-order chi connectivity index (χ1) is 9.58. The summed E-state index contributed by atoms with van der Waals surface area (Å²) in [6, 6.07) is 3.54. The first-order valence-corrected chi connectivity index (χ1v) is 6.92. The molecule has 2 rings (SSSR count). The van der Waals surface area contributed by atoms with E-state index < -0.39 is 0 Å². The predicted molar refractivity (Wildman–Crippen MR) is 76.1 cm³/mol. The van der Waals surface area contributed by atoms with Crippen LogP contribution in [0.4, 0.5) is 5.82 Å². The number of nitrogen functional groups attached to an aromatic ring is 1. The number of nitrogens with zero attached hydrogens (tertiary/aromatic N) is 1. The van der Waals surface area contributed by atoms with Gasteiger partial charge in [0, 0.05) is 17.3 Å². The molecule has 0 unspecified atom stereocenters. The summed E-state index contributed by atoms with van der Waals surface area (Å²) in [7, 11) is 0. The molecule has 0 spiro atoms. The quantitative estimate of drug-likeness (QED) is 0.709. The number of nitrogens with two attached hydrogens (primary N) is 1. The van der Waals surface area contributed by atoms with Crippen LogP contribution in [0.2, 0.25) is 0 Å². The molecular weight excluding hydrogens is 256 g/mol. The second-order valence-electron chi connectivity index (χ2n) is 5.05. The number of carbonyl (C=O) groups excluding carboxylic acids is 2. The fourth-order valence-electron chi connectivity index (χ4n) is 1.90. The summed E-state index contributed by atoms with van der Waals surface area (Å²) in [5.41, 5.74) is 6.92. The Hall–Kier alpha value is -2.11. The van der Waals surface area contributed by atoms with E-state index in [0.717, 1.165) is 31.4 Å². The van der Waals surface area contributed by atoms with Crippen molar-refractivity contribution >= 4 is 17.6 Å². The highest BCUT2D eigenvalue weighted by atomic mass is 16.2. The summed E-state index contributed by atoms with van der Waals surface area (Å²) in [6.07, 6.45) is 3.76. The minimum absolute atomic E-state index is 0.0132. The molecule has 0 aromatic carbocycles. The summed E-state index contributed by atoms with van der Waals surface area (Å²) in [6.45, 7) is 2.02. The van der Waals surface area contributed by atoms with Gasteiger partial charge in [-0.15, -0.1) is 0 Å². The number of carbonyl (C=O) groups is 2. The van der Waals surface area contributed by atoms with Gasteiger partial charge in [-0.05, 0) is 31.4 Å². The molecule has 1 fully saturated rings. The van der Waals surface area contributed by atoms with E-state index in [4.69, 9.17) is 5.73 Å². The van der Waals surface area contributed by atoms with Gasteiger partial charge in [-0.25, -0.2) is 4.98 Å². The molecule has 1 heterocycles. The Morgan fingerprint density at radius 1 is 1.40 bits per heavy atom. The largest absolute Gasteiger partial charge is 0.384 e. The number of anilines is 1. The van der Waals surface area contributed by atoms with Gasteiger partial charge in [-0.1, -0.05) is 13.3 Å². The highest BCUT2D eigenvalue weighted by molar-refractivity contribution is 5.97. The van der Waals surface area contributed by atoms with Crippen molar-refractivity contribution in [2.75, 3.05) is 12.3 Å². The van der Waals surface area contributed by atoms with Crippen LogP contribution in [0.3, 0.4) is 0 Å². The van der Waals surface area contributed by atoms with E-state index in [-0.39, 0.29) is 18.4 Å². The molecule has 0 radical (unpaired) electrons. The summed E-state index contributed by atoms with van der Waals surface area (Å²) in [4.78, 5) is 27.7. The Balaban J connectivity index is 1.91. The monoisotopic (exact) mass is 276 g/mol. The van der Waals surface area contributed by atoms with E-state index in [0.29, 0.717) is 17.4 Å². The number of aryl methyl sites for hydroxylation is 1. The maximum absolute atomic E-state index is 12.0. The molecule has 20 heavy (non-hydrogen) atoms. The molecule has 0 bridgehead atoms. The lowest BCUT2D eigenvalue weighted by atomic mass is 10.1. The van der Waals surface area contributed by atoms with E-state index in [2.05, 4.69) is 15.6 Å². The molecule has 1 aliphatic rings. The molecule has 1 aromatic heterocycles. The third-order valence-corrected chi connectivity index (χ3v) is 3.02. The molecule has 108 valence electrons. The average Bonchev–Trinajstić information content (AvgIpc) is 3.19. The van der Waals surface area contributed by atoms with Crippen molar-refractivity contribution in [3.05, 3.63) is 23.4 Å². The van der Waals surface area contributed by atoms with Crippen LogP contribution in [0, 0.1) is 0 Å². The zero-order valence-electron chi connectivity index (χ0n) is 11.6. The lowest BCUT2D eigenvalue weighted by molar-refractivity contribution is -0.120. The van der Waals surface area contributed by atoms with Crippen molar-refractivity contribution in [1.82, 2.24) is 15.6 Å². The van der Waals surface area contributed by atoms with Crippen molar-refractivity contribution < 1.29 is 9.59 Å². The lowest BCUT2D eigenvalue weighted by Gasteiger charge is -2.08. The normalized spacial score (nSPS) is 13.8. The van der Waals surface area contributed by atoms with Gasteiger partial charge in [0.15, 0.2) is 0 Å². The smallest absolute Gasteiger partial charge is 0.251 e. The van der Waals surface area contributed by atoms with Crippen LogP contribution >= 0.6 is 0 Å². The van der Waals surface area contributed by atoms with E-state index in [9.17, 15) is 9.59 Å². The van der Waals surface area contributed by atoms with Gasteiger partial charge in [0.1, 0.15) is 5.82 Å². The molecule has 2 amide bonds. The summed E-state index contributed by atoms with van der Waals surface area (Å²) < 4.78 is 0. The predicted octanol–water partition coefficient (Wildman–Crippen LogP) is 0.625. The van der Waals surface area contributed by atoms with E-state index in [1.807, 2.05) is 6.92 Å². The number of aromatic nitrogens is 1. The van der Waals surface area contributed by atoms with Crippen LogP contribution in [0.1, 0.15) is 42.2 Å². The Morgan fingerprint density at radius 2 is 2.15 bits per heavy atom. The van der Waals surface area contributed by atoms with Gasteiger partial charge < -0.3 is 16.4 Å². The number of hydrogen-bond acceptors (Lipinski definition) is 4. The van der Waals surface area contributed by atoms with Crippen molar-refractivity contribution in [1.29, 1.82) is 0 Å². The van der Waals surface area contributed by atoms with Crippen LogP contribution in [0.5, 0.6) is 0 Å². The highest BCUT2D eigenvalue weighted by Gasteiger charge is 2.23. The van der Waals surface area contributed by atoms with Crippen molar-refractivity contribution in [2.24, 2.45) is 0 Å². The molecular formula is C14H20N4O2. The van der Waals surface area contributed by atoms with Crippen LogP contribution in [0.15, 0.2) is 12.1 Å². The topological polar surface area (TPSA) is 97.1 Å². The molecule has 6 nitrogen and oxygen atoms in total. The first-order valence-electron chi connectivity index (χ1n) is 6.92. The third kappa shape index (κ3) is 4.22. The van der Waals surface area contributed by atoms with Crippen molar-refractivity contribution in [3.8, 4) is 0 Å². The van der Waals surface area contributed by atoms with Crippen molar-refractivity contribution in [2.45, 2.75) is 38.6 Å². The lowest BCUT2D eigenvalue weighted by Crippen LogP contribution is -2.37.